The van der Waals surface area contributed by atoms with Gasteiger partial charge in [-0.1, -0.05) is 12.1 Å². The molecule has 1 N–H and O–H groups in total. The van der Waals surface area contributed by atoms with E-state index in [1.165, 1.54) is 0 Å². The van der Waals surface area contributed by atoms with Gasteiger partial charge in [-0.05, 0) is 42.8 Å². The zero-order valence-corrected chi connectivity index (χ0v) is 13.3. The molecule has 110 valence electrons. The van der Waals surface area contributed by atoms with Gasteiger partial charge in [-0.3, -0.25) is 4.79 Å². The lowest BCUT2D eigenvalue weighted by Gasteiger charge is -2.19. The van der Waals surface area contributed by atoms with Gasteiger partial charge in [0.05, 0.1) is 11.0 Å². The molecule has 0 aliphatic rings. The Labute approximate surface area is 126 Å². The van der Waals surface area contributed by atoms with E-state index in [0.717, 1.165) is 6.29 Å². The van der Waals surface area contributed by atoms with Gasteiger partial charge in [-0.25, -0.2) is 4.79 Å². The number of ether oxygens (including phenoxy) is 2. The Morgan fingerprint density at radius 1 is 1.40 bits per heavy atom. The summed E-state index contributed by atoms with van der Waals surface area (Å²) in [7, 11) is 0. The number of hydrogen-bond acceptors (Lipinski definition) is 4. The van der Waals surface area contributed by atoms with Gasteiger partial charge in [0.25, 0.3) is 0 Å². The molecule has 6 heteroatoms. The summed E-state index contributed by atoms with van der Waals surface area (Å²) in [6.45, 7) is 5.98. The molecule has 20 heavy (non-hydrogen) atoms. The monoisotopic (exact) mass is 343 g/mol. The van der Waals surface area contributed by atoms with Crippen molar-refractivity contribution >= 4 is 28.3 Å². The van der Waals surface area contributed by atoms with Crippen molar-refractivity contribution in [3.05, 3.63) is 28.2 Å². The van der Waals surface area contributed by atoms with Gasteiger partial charge < -0.3 is 14.8 Å². The third-order valence-electron chi connectivity index (χ3n) is 2.15. The third kappa shape index (κ3) is 5.61. The second kappa shape index (κ2) is 7.28. The number of amides is 1. The second-order valence-corrected chi connectivity index (χ2v) is 5.85. The van der Waals surface area contributed by atoms with Crippen molar-refractivity contribution in [1.29, 1.82) is 0 Å². The number of halogens is 1. The lowest BCUT2D eigenvalue weighted by molar-refractivity contribution is 0.0520. The average molecular weight is 344 g/mol. The second-order valence-electron chi connectivity index (χ2n) is 5.05. The minimum atomic E-state index is -0.522. The molecule has 1 rings (SSSR count). The smallest absolute Gasteiger partial charge is 0.407 e. The number of rotatable bonds is 5. The largest absolute Gasteiger partial charge is 0.491 e. The van der Waals surface area contributed by atoms with Crippen molar-refractivity contribution in [2.24, 2.45) is 0 Å². The van der Waals surface area contributed by atoms with E-state index in [1.807, 2.05) is 0 Å². The Balaban J connectivity index is 2.39. The SMILES string of the molecule is CC(C)(C)OC(=O)NCCOc1cccc(C=O)c1Br. The average Bonchev–Trinajstić information content (AvgIpc) is 2.34. The van der Waals surface area contributed by atoms with Crippen LogP contribution >= 0.6 is 15.9 Å². The Bertz CT molecular complexity index is 483. The predicted octanol–water partition coefficient (Wildman–Crippen LogP) is 3.17. The van der Waals surface area contributed by atoms with E-state index in [4.69, 9.17) is 9.47 Å². The summed E-state index contributed by atoms with van der Waals surface area (Å²) in [6, 6.07) is 5.15. The number of benzene rings is 1. The number of aldehydes is 1. The van der Waals surface area contributed by atoms with E-state index >= 15 is 0 Å². The minimum Gasteiger partial charge on any atom is -0.491 e. The van der Waals surface area contributed by atoms with Crippen molar-refractivity contribution < 1.29 is 19.1 Å². The topological polar surface area (TPSA) is 64.6 Å². The van der Waals surface area contributed by atoms with Gasteiger partial charge in [-0.15, -0.1) is 0 Å². The molecule has 0 saturated carbocycles. The van der Waals surface area contributed by atoms with E-state index in [0.29, 0.717) is 22.3 Å². The van der Waals surface area contributed by atoms with E-state index < -0.39 is 11.7 Å². The van der Waals surface area contributed by atoms with E-state index in [2.05, 4.69) is 21.2 Å². The van der Waals surface area contributed by atoms with Crippen LogP contribution in [0.15, 0.2) is 22.7 Å². The summed E-state index contributed by atoms with van der Waals surface area (Å²) in [5.74, 6) is 0.556. The van der Waals surface area contributed by atoms with Crippen LogP contribution in [0.2, 0.25) is 0 Å². The Morgan fingerprint density at radius 3 is 2.70 bits per heavy atom. The molecule has 1 aromatic rings. The molecule has 0 bridgehead atoms. The number of nitrogens with one attached hydrogen (secondary N) is 1. The molecular formula is C14H18BrNO4. The van der Waals surface area contributed by atoms with E-state index in [-0.39, 0.29) is 6.61 Å². The van der Waals surface area contributed by atoms with Crippen molar-refractivity contribution in [1.82, 2.24) is 5.32 Å². The van der Waals surface area contributed by atoms with Crippen LogP contribution in [0.3, 0.4) is 0 Å². The molecule has 0 unspecified atom stereocenters. The first-order valence-electron chi connectivity index (χ1n) is 6.17. The Morgan fingerprint density at radius 2 is 2.10 bits per heavy atom. The quantitative estimate of drug-likeness (QED) is 0.658. The van der Waals surface area contributed by atoms with Crippen molar-refractivity contribution in [3.63, 3.8) is 0 Å². The Hall–Kier alpha value is -1.56. The number of alkyl carbamates (subject to hydrolysis) is 1. The maximum Gasteiger partial charge on any atom is 0.407 e. The van der Waals surface area contributed by atoms with Gasteiger partial charge in [0.15, 0.2) is 6.29 Å². The van der Waals surface area contributed by atoms with Gasteiger partial charge in [-0.2, -0.15) is 0 Å². The molecule has 0 atom stereocenters. The standard InChI is InChI=1S/C14H18BrNO4/c1-14(2,3)20-13(18)16-7-8-19-11-6-4-5-10(9-17)12(11)15/h4-6,9H,7-8H2,1-3H3,(H,16,18). The molecule has 0 aliphatic carbocycles. The first kappa shape index (κ1) is 16.5. The summed E-state index contributed by atoms with van der Waals surface area (Å²) in [5, 5.41) is 2.59. The molecule has 0 heterocycles. The fraction of sp³-hybridized carbons (Fsp3) is 0.429. The highest BCUT2D eigenvalue weighted by Gasteiger charge is 2.15. The van der Waals surface area contributed by atoms with Crippen LogP contribution in [0.1, 0.15) is 31.1 Å². The first-order chi connectivity index (χ1) is 9.33. The fourth-order valence-corrected chi connectivity index (χ4v) is 1.83. The number of carbonyl (C=O) groups excluding carboxylic acids is 2. The van der Waals surface area contributed by atoms with Crippen LogP contribution < -0.4 is 10.1 Å². The minimum absolute atomic E-state index is 0.278. The first-order valence-corrected chi connectivity index (χ1v) is 6.96. The molecular weight excluding hydrogens is 326 g/mol. The molecule has 0 spiro atoms. The predicted molar refractivity (Wildman–Crippen MR) is 79.3 cm³/mol. The zero-order chi connectivity index (χ0) is 15.2. The van der Waals surface area contributed by atoms with Crippen LogP contribution in [0, 0.1) is 0 Å². The molecule has 0 saturated heterocycles. The Kier molecular flexibility index (Phi) is 6.01. The van der Waals surface area contributed by atoms with Crippen LogP contribution in [-0.4, -0.2) is 31.1 Å². The summed E-state index contributed by atoms with van der Waals surface area (Å²) in [6.07, 6.45) is 0.261. The van der Waals surface area contributed by atoms with Gasteiger partial charge >= 0.3 is 6.09 Å². The maximum atomic E-state index is 11.4. The van der Waals surface area contributed by atoms with E-state index in [1.54, 1.807) is 39.0 Å². The lowest BCUT2D eigenvalue weighted by Crippen LogP contribution is -2.34. The molecule has 0 aromatic heterocycles. The summed E-state index contributed by atoms with van der Waals surface area (Å²) < 4.78 is 11.2. The lowest BCUT2D eigenvalue weighted by atomic mass is 10.2. The normalized spacial score (nSPS) is 10.8. The van der Waals surface area contributed by atoms with Gasteiger partial charge in [0.2, 0.25) is 0 Å². The summed E-state index contributed by atoms with van der Waals surface area (Å²) in [4.78, 5) is 22.2. The van der Waals surface area contributed by atoms with Crippen molar-refractivity contribution in [2.45, 2.75) is 26.4 Å². The highest BCUT2D eigenvalue weighted by atomic mass is 79.9. The van der Waals surface area contributed by atoms with Crippen LogP contribution in [-0.2, 0) is 4.74 Å². The molecule has 5 nitrogen and oxygen atoms in total. The summed E-state index contributed by atoms with van der Waals surface area (Å²) >= 11 is 3.29. The molecule has 1 amide bonds. The van der Waals surface area contributed by atoms with Crippen LogP contribution in [0.25, 0.3) is 0 Å². The van der Waals surface area contributed by atoms with Crippen LogP contribution in [0.5, 0.6) is 5.75 Å². The van der Waals surface area contributed by atoms with Crippen molar-refractivity contribution in [3.8, 4) is 5.75 Å². The molecule has 0 aliphatic heterocycles. The van der Waals surface area contributed by atoms with Gasteiger partial charge in [0.1, 0.15) is 18.0 Å². The highest BCUT2D eigenvalue weighted by Crippen LogP contribution is 2.27. The zero-order valence-electron chi connectivity index (χ0n) is 11.7. The van der Waals surface area contributed by atoms with Crippen molar-refractivity contribution in [2.75, 3.05) is 13.2 Å². The number of carbonyl (C=O) groups is 2. The van der Waals surface area contributed by atoms with E-state index in [9.17, 15) is 9.59 Å². The number of hydrogen-bond donors (Lipinski definition) is 1. The molecule has 0 fully saturated rings. The highest BCUT2D eigenvalue weighted by molar-refractivity contribution is 9.10. The molecule has 0 radical (unpaired) electrons. The third-order valence-corrected chi connectivity index (χ3v) is 3.00. The fourth-order valence-electron chi connectivity index (χ4n) is 1.36. The van der Waals surface area contributed by atoms with Crippen LogP contribution in [0.4, 0.5) is 4.79 Å². The maximum absolute atomic E-state index is 11.4. The summed E-state index contributed by atoms with van der Waals surface area (Å²) in [5.41, 5.74) is -0.00527. The molecule has 1 aromatic carbocycles. The van der Waals surface area contributed by atoms with Gasteiger partial charge in [0, 0.05) is 5.56 Å².